The first-order valence-electron chi connectivity index (χ1n) is 11.5. The highest BCUT2D eigenvalue weighted by atomic mass is 32.2. The zero-order valence-corrected chi connectivity index (χ0v) is 22.4. The zero-order chi connectivity index (χ0) is 24.7. The third-order valence-corrected chi connectivity index (χ3v) is 11.5. The van der Waals surface area contributed by atoms with Crippen molar-refractivity contribution < 1.29 is 16.8 Å². The number of sulfonamides is 2. The zero-order valence-electron chi connectivity index (χ0n) is 20.8. The van der Waals surface area contributed by atoms with Crippen molar-refractivity contribution >= 4 is 20.0 Å². The van der Waals surface area contributed by atoms with Crippen LogP contribution in [0.25, 0.3) is 0 Å². The van der Waals surface area contributed by atoms with Gasteiger partial charge in [-0.05, 0) is 92.5 Å². The Balaban J connectivity index is 1.82. The molecule has 1 unspecified atom stereocenters. The average molecular weight is 493 g/mol. The van der Waals surface area contributed by atoms with E-state index in [0.717, 1.165) is 39.8 Å². The molecule has 1 atom stereocenters. The Labute approximate surface area is 199 Å². The van der Waals surface area contributed by atoms with Gasteiger partial charge < -0.3 is 0 Å². The fourth-order valence-electron chi connectivity index (χ4n) is 4.49. The van der Waals surface area contributed by atoms with Gasteiger partial charge in [-0.3, -0.25) is 0 Å². The Morgan fingerprint density at radius 3 is 1.52 bits per heavy atom. The Hall–Kier alpha value is -1.74. The summed E-state index contributed by atoms with van der Waals surface area (Å²) in [5.41, 5.74) is 5.73. The summed E-state index contributed by atoms with van der Waals surface area (Å²) in [6, 6.07) is 7.06. The average Bonchev–Trinajstić information content (AvgIpc) is 2.81. The first-order valence-corrected chi connectivity index (χ1v) is 14.4. The fraction of sp³-hybridized carbons (Fsp3) is 0.520. The Morgan fingerprint density at radius 2 is 1.09 bits per heavy atom. The van der Waals surface area contributed by atoms with E-state index in [2.05, 4.69) is 13.8 Å². The fourth-order valence-corrected chi connectivity index (χ4v) is 7.89. The normalized spacial score (nSPS) is 17.3. The van der Waals surface area contributed by atoms with Crippen LogP contribution in [0.1, 0.15) is 59.6 Å². The van der Waals surface area contributed by atoms with Gasteiger partial charge in [0.1, 0.15) is 0 Å². The Bertz CT molecular complexity index is 1210. The van der Waals surface area contributed by atoms with Crippen LogP contribution in [0, 0.1) is 34.6 Å². The number of hydrogen-bond donors (Lipinski definition) is 0. The molecule has 1 heterocycles. The molecule has 0 aliphatic carbocycles. The molecule has 2 aromatic carbocycles. The third-order valence-electron chi connectivity index (χ3n) is 7.43. The van der Waals surface area contributed by atoms with E-state index in [0.29, 0.717) is 10.8 Å². The molecule has 3 rings (SSSR count). The van der Waals surface area contributed by atoms with Crippen LogP contribution in [0.3, 0.4) is 0 Å². The first-order chi connectivity index (χ1) is 15.3. The standard InChI is InChI=1S/C25H36N2O4S2/c1-8-17(2)23-9-11-24(12-10-23)32(28,29)26-13-15-27(16-14-26)33(30,31)25-21(6)19(4)18(3)20(5)22(25)7/h9-12,17H,8,13-16H2,1-7H3. The molecule has 33 heavy (non-hydrogen) atoms. The highest BCUT2D eigenvalue weighted by Gasteiger charge is 2.35. The van der Waals surface area contributed by atoms with Gasteiger partial charge in [0.05, 0.1) is 9.79 Å². The van der Waals surface area contributed by atoms with E-state index >= 15 is 0 Å². The summed E-state index contributed by atoms with van der Waals surface area (Å²) < 4.78 is 56.2. The van der Waals surface area contributed by atoms with Gasteiger partial charge in [-0.25, -0.2) is 16.8 Å². The molecular weight excluding hydrogens is 456 g/mol. The summed E-state index contributed by atoms with van der Waals surface area (Å²) in [7, 11) is -7.39. The van der Waals surface area contributed by atoms with Crippen LogP contribution in [0.15, 0.2) is 34.1 Å². The molecule has 0 spiro atoms. The topological polar surface area (TPSA) is 74.8 Å². The van der Waals surface area contributed by atoms with Crippen LogP contribution in [-0.2, 0) is 20.0 Å². The Kier molecular flexibility index (Phi) is 7.44. The summed E-state index contributed by atoms with van der Waals surface area (Å²) in [6.07, 6.45) is 0.988. The molecule has 0 radical (unpaired) electrons. The molecule has 182 valence electrons. The molecule has 2 aromatic rings. The molecule has 1 aliphatic heterocycles. The summed E-state index contributed by atoms with van der Waals surface area (Å²) in [4.78, 5) is 0.613. The minimum Gasteiger partial charge on any atom is -0.207 e. The number of nitrogens with zero attached hydrogens (tertiary/aromatic N) is 2. The van der Waals surface area contributed by atoms with E-state index in [1.165, 1.54) is 8.61 Å². The van der Waals surface area contributed by atoms with Crippen LogP contribution in [0.2, 0.25) is 0 Å². The molecular formula is C25H36N2O4S2. The molecule has 6 nitrogen and oxygen atoms in total. The second-order valence-corrected chi connectivity index (χ2v) is 13.0. The van der Waals surface area contributed by atoms with Gasteiger partial charge in [-0.2, -0.15) is 8.61 Å². The smallest absolute Gasteiger partial charge is 0.207 e. The summed E-state index contributed by atoms with van der Waals surface area (Å²) in [6.45, 7) is 14.4. The van der Waals surface area contributed by atoms with Crippen LogP contribution >= 0.6 is 0 Å². The lowest BCUT2D eigenvalue weighted by molar-refractivity contribution is 0.272. The van der Waals surface area contributed by atoms with Gasteiger partial charge in [0.2, 0.25) is 20.0 Å². The maximum Gasteiger partial charge on any atom is 0.243 e. The summed E-state index contributed by atoms with van der Waals surface area (Å²) >= 11 is 0. The van der Waals surface area contributed by atoms with Crippen LogP contribution < -0.4 is 0 Å². The lowest BCUT2D eigenvalue weighted by Gasteiger charge is -2.34. The molecule has 1 fully saturated rings. The molecule has 8 heteroatoms. The largest absolute Gasteiger partial charge is 0.243 e. The monoisotopic (exact) mass is 492 g/mol. The molecule has 0 amide bonds. The van der Waals surface area contributed by atoms with Gasteiger partial charge >= 0.3 is 0 Å². The van der Waals surface area contributed by atoms with Gasteiger partial charge in [-0.15, -0.1) is 0 Å². The predicted molar refractivity (Wildman–Crippen MR) is 133 cm³/mol. The molecule has 0 N–H and O–H groups in total. The van der Waals surface area contributed by atoms with Crippen molar-refractivity contribution in [2.75, 3.05) is 26.2 Å². The van der Waals surface area contributed by atoms with Crippen molar-refractivity contribution in [3.05, 3.63) is 57.6 Å². The van der Waals surface area contributed by atoms with Crippen molar-refractivity contribution in [2.45, 2.75) is 70.6 Å². The van der Waals surface area contributed by atoms with E-state index in [9.17, 15) is 16.8 Å². The predicted octanol–water partition coefficient (Wildman–Crippen LogP) is 4.44. The van der Waals surface area contributed by atoms with Crippen LogP contribution in [0.4, 0.5) is 0 Å². The maximum atomic E-state index is 13.6. The van der Waals surface area contributed by atoms with E-state index < -0.39 is 20.0 Å². The first kappa shape index (κ1) is 25.9. The highest BCUT2D eigenvalue weighted by molar-refractivity contribution is 7.89. The molecule has 1 saturated heterocycles. The van der Waals surface area contributed by atoms with Crippen molar-refractivity contribution in [3.63, 3.8) is 0 Å². The molecule has 0 saturated carbocycles. The van der Waals surface area contributed by atoms with E-state index in [-0.39, 0.29) is 31.1 Å². The maximum absolute atomic E-state index is 13.6. The van der Waals surface area contributed by atoms with Crippen molar-refractivity contribution in [1.29, 1.82) is 0 Å². The number of rotatable bonds is 6. The van der Waals surface area contributed by atoms with Crippen molar-refractivity contribution in [1.82, 2.24) is 8.61 Å². The third kappa shape index (κ3) is 4.63. The minimum absolute atomic E-state index is 0.136. The van der Waals surface area contributed by atoms with Gasteiger partial charge in [0, 0.05) is 26.2 Å². The summed E-state index contributed by atoms with van der Waals surface area (Å²) in [5, 5.41) is 0. The van der Waals surface area contributed by atoms with E-state index in [1.54, 1.807) is 12.1 Å². The van der Waals surface area contributed by atoms with Gasteiger partial charge in [-0.1, -0.05) is 26.0 Å². The Morgan fingerprint density at radius 1 is 0.697 bits per heavy atom. The second kappa shape index (κ2) is 9.49. The van der Waals surface area contributed by atoms with Gasteiger partial charge in [0.25, 0.3) is 0 Å². The second-order valence-electron chi connectivity index (χ2n) is 9.14. The van der Waals surface area contributed by atoms with Crippen LogP contribution in [-0.4, -0.2) is 51.6 Å². The SMILES string of the molecule is CCC(C)c1ccc(S(=O)(=O)N2CCN(S(=O)(=O)c3c(C)c(C)c(C)c(C)c3C)CC2)cc1. The van der Waals surface area contributed by atoms with E-state index in [4.69, 9.17) is 0 Å². The molecule has 0 bridgehead atoms. The summed E-state index contributed by atoms with van der Waals surface area (Å²) in [5.74, 6) is 0.372. The lowest BCUT2D eigenvalue weighted by atomic mass is 9.95. The molecule has 1 aliphatic rings. The molecule has 0 aromatic heterocycles. The number of piperazine rings is 1. The van der Waals surface area contributed by atoms with Crippen molar-refractivity contribution in [2.24, 2.45) is 0 Å². The van der Waals surface area contributed by atoms with Gasteiger partial charge in [0.15, 0.2) is 0 Å². The van der Waals surface area contributed by atoms with E-state index in [1.807, 2.05) is 46.8 Å². The number of hydrogen-bond acceptors (Lipinski definition) is 4. The van der Waals surface area contributed by atoms with Crippen LogP contribution in [0.5, 0.6) is 0 Å². The highest BCUT2D eigenvalue weighted by Crippen LogP contribution is 2.32. The quantitative estimate of drug-likeness (QED) is 0.598. The number of benzene rings is 2. The lowest BCUT2D eigenvalue weighted by Crippen LogP contribution is -2.50. The van der Waals surface area contributed by atoms with Crippen molar-refractivity contribution in [3.8, 4) is 0 Å². The minimum atomic E-state index is -3.72.